The second kappa shape index (κ2) is 46.6. The molecule has 716 valence electrons. The molecule has 0 aliphatic carbocycles. The Hall–Kier alpha value is -10.1. The number of aliphatic hydroxyl groups excluding tert-OH is 2. The predicted molar refractivity (Wildman–Crippen MR) is 541 cm³/mol. The van der Waals surface area contributed by atoms with E-state index in [0.717, 1.165) is 230 Å². The van der Waals surface area contributed by atoms with E-state index in [-0.39, 0.29) is 94.1 Å². The van der Waals surface area contributed by atoms with Gasteiger partial charge >= 0.3 is 23.1 Å². The van der Waals surface area contributed by atoms with Gasteiger partial charge in [-0.3, -0.25) is 14.4 Å². The molecule has 7 aliphatic rings. The van der Waals surface area contributed by atoms with E-state index >= 15 is 0 Å². The number of halogens is 4. The maximum Gasteiger partial charge on any atom is 2.00 e. The summed E-state index contributed by atoms with van der Waals surface area (Å²) in [5.41, 5.74) is 11.9. The molecule has 3 amide bonds. The number of nitrogens with zero attached hydrogens (tertiary/aromatic N) is 18. The Morgan fingerprint density at radius 1 is 0.412 bits per heavy atom. The van der Waals surface area contributed by atoms with Crippen LogP contribution in [0.2, 0.25) is 15.1 Å². The number of aldehydes is 1. The van der Waals surface area contributed by atoms with Crippen LogP contribution >= 0.6 is 34.8 Å². The van der Waals surface area contributed by atoms with Gasteiger partial charge in [0, 0.05) is 170 Å². The van der Waals surface area contributed by atoms with E-state index in [9.17, 15) is 29.4 Å². The Kier molecular flexibility index (Phi) is 35.4. The molecule has 13 heterocycles. The molecule has 6 aromatic heterocycles. The van der Waals surface area contributed by atoms with E-state index in [1.54, 1.807) is 13.5 Å². The number of hydrogen-bond acceptors (Lipinski definition) is 22. The van der Waals surface area contributed by atoms with Gasteiger partial charge in [0.05, 0.1) is 34.7 Å². The summed E-state index contributed by atoms with van der Waals surface area (Å²) in [5, 5.41) is 47.6. The Morgan fingerprint density at radius 2 is 0.676 bits per heavy atom. The van der Waals surface area contributed by atoms with E-state index in [2.05, 4.69) is 93.9 Å². The fraction of sp³-hybridized carbons (Fsp3) is 0.427. The number of carbonyl (C=O) groups is 4. The van der Waals surface area contributed by atoms with Crippen molar-refractivity contribution in [1.82, 2.24) is 73.2 Å². The summed E-state index contributed by atoms with van der Waals surface area (Å²) in [6.07, 6.45) is 19.0. The van der Waals surface area contributed by atoms with Crippen molar-refractivity contribution in [2.75, 3.05) is 165 Å². The fourth-order valence-electron chi connectivity index (χ4n) is 20.0. The normalized spacial score (nSPS) is 18.1. The van der Waals surface area contributed by atoms with Gasteiger partial charge in [-0.2, -0.15) is 15.0 Å². The van der Waals surface area contributed by atoms with Gasteiger partial charge in [0.2, 0.25) is 17.8 Å². The van der Waals surface area contributed by atoms with Crippen LogP contribution < -0.4 is 47.6 Å². The number of anilines is 9. The van der Waals surface area contributed by atoms with Crippen LogP contribution in [0.15, 0.2) is 201 Å². The van der Waals surface area contributed by atoms with Crippen LogP contribution in [0.3, 0.4) is 0 Å². The number of aromatic nitrogens is 9. The van der Waals surface area contributed by atoms with Gasteiger partial charge in [0.15, 0.2) is 16.9 Å². The van der Waals surface area contributed by atoms with Crippen LogP contribution in [0, 0.1) is 7.43 Å². The molecule has 0 radical (unpaired) electrons. The number of fused-ring (bicyclic) bond motifs is 3. The molecule has 2 unspecified atom stereocenters. The minimum Gasteiger partial charge on any atom is -1.00 e. The zero-order valence-corrected chi connectivity index (χ0v) is 84.8. The van der Waals surface area contributed by atoms with Crippen molar-refractivity contribution < 1.29 is 51.1 Å². The van der Waals surface area contributed by atoms with Crippen LogP contribution in [0.25, 0.3) is 16.9 Å². The smallest absolute Gasteiger partial charge is 1.00 e. The summed E-state index contributed by atoms with van der Waals surface area (Å²) in [5.74, 6) is 1.61. The zero-order chi connectivity index (χ0) is 93.1. The van der Waals surface area contributed by atoms with E-state index < -0.39 is 17.6 Å². The summed E-state index contributed by atoms with van der Waals surface area (Å²) in [4.78, 5) is 85.5. The molecular formula is C103H127BrCl3MgN21O7. The topological polar surface area (TPSA) is 274 Å². The fourth-order valence-corrected chi connectivity index (χ4v) is 20.4. The standard InChI is InChI=1S/2C33H40ClN7O2.C32H36ClN7O2.C4H8O.CH3.BrH.Mg/c2*1-23(42)33(25-8-10-26(34)11-9-25)16-21-40(22-17-33)29-5-4-18-41-30(29)36-32(37-41)35-27-12-6-24(7-13-27)31(43)39(3)28-14-19-38(2)20-15-28;1-37-18-13-27(14-19-37)38(2)30(42)23-5-11-26(12-6-23)34-31-35-29-28(4-3-17-40(29)36-31)39-20-15-32(22-41,16-21-39)24-7-9-25(33)10-8-24;1-2-4-5-3-1;;;/h2*4-13,18,23,28,42H,14-17,19-22H2,1-3H3,(H,35,37);3-12,17,22,27H,13-16,18-21H2,1-2H3,(H,34,36);1-4H2;1H3;1H;/q;;;;-1;;+2/p-1. The average molecular weight is 1980 g/mol. The van der Waals surface area contributed by atoms with Crippen molar-refractivity contribution in [3.05, 3.63) is 256 Å². The predicted octanol–water partition coefficient (Wildman–Crippen LogP) is 13.3. The number of carbonyl (C=O) groups excluding carboxylic acids is 4. The number of hydrogen-bond donors (Lipinski definition) is 5. The second-order valence-electron chi connectivity index (χ2n) is 37.0. The van der Waals surface area contributed by atoms with E-state index in [0.29, 0.717) is 62.4 Å². The van der Waals surface area contributed by atoms with E-state index in [1.165, 1.54) is 12.8 Å². The summed E-state index contributed by atoms with van der Waals surface area (Å²) in [7, 11) is 12.1. The molecule has 7 aliphatic heterocycles. The first kappa shape index (κ1) is 103. The molecule has 28 nitrogen and oxygen atoms in total. The van der Waals surface area contributed by atoms with Crippen molar-refractivity contribution >= 4 is 151 Å². The third-order valence-electron chi connectivity index (χ3n) is 28.8. The number of amides is 3. The van der Waals surface area contributed by atoms with Gasteiger partial charge in [0.25, 0.3) is 17.7 Å². The van der Waals surface area contributed by atoms with Crippen molar-refractivity contribution in [2.45, 2.75) is 150 Å². The molecular weight excluding hydrogens is 1850 g/mol. The minimum atomic E-state index is -0.512. The molecule has 12 aromatic rings. The van der Waals surface area contributed by atoms with Gasteiger partial charge in [-0.15, -0.1) is 15.3 Å². The SMILES string of the molecule is C1CCOC1.CC(O)C1(c2ccc(Cl)cc2)CCN(c2cccn3nc(Nc4ccc(C(=O)N(C)C5CCN(C)CC5)cc4)nc23)CC1.CC(O)C1(c2ccc(Cl)cc2)CCN(c2cccn3nc(Nc4ccc(C(=O)N(C)C5CCN(C)CC5)cc4)nc23)CC1.CN1CCC(N(C)C(=O)c2ccc(Nc3nc4c(N5CCC(C=O)(c6ccc(Cl)cc6)CC5)cccn4n3)cc2)CC1.[Br-].[CH3-].[Mg+2]. The molecule has 6 aromatic carbocycles. The molecule has 7 fully saturated rings. The first-order valence-corrected chi connectivity index (χ1v) is 47.9. The first-order chi connectivity index (χ1) is 64.3. The average Bonchev–Trinajstić information content (AvgIpc) is 1.28. The van der Waals surface area contributed by atoms with Crippen molar-refractivity contribution in [3.8, 4) is 0 Å². The van der Waals surface area contributed by atoms with Gasteiger partial charge in [-0.25, -0.2) is 13.5 Å². The van der Waals surface area contributed by atoms with E-state index in [1.807, 2.05) is 238 Å². The van der Waals surface area contributed by atoms with Crippen molar-refractivity contribution in [2.24, 2.45) is 0 Å². The third-order valence-corrected chi connectivity index (χ3v) is 29.5. The second-order valence-corrected chi connectivity index (χ2v) is 38.3. The van der Waals surface area contributed by atoms with Gasteiger partial charge in [0.1, 0.15) is 6.29 Å². The summed E-state index contributed by atoms with van der Waals surface area (Å²) >= 11 is 18.4. The number of pyridine rings is 3. The molecule has 5 N–H and O–H groups in total. The number of aliphatic hydroxyl groups is 2. The van der Waals surface area contributed by atoms with E-state index in [4.69, 9.17) is 54.5 Å². The minimum absolute atomic E-state index is 0. The monoisotopic (exact) mass is 1980 g/mol. The number of benzene rings is 6. The molecule has 19 rings (SSSR count). The number of nitrogens with one attached hydrogen (secondary N) is 3. The van der Waals surface area contributed by atoms with Crippen LogP contribution in [0.5, 0.6) is 0 Å². The summed E-state index contributed by atoms with van der Waals surface area (Å²) < 4.78 is 10.3. The molecule has 2 atom stereocenters. The number of piperidine rings is 6. The largest absolute Gasteiger partial charge is 2.00 e. The van der Waals surface area contributed by atoms with Gasteiger partial charge < -0.3 is 104 Å². The molecule has 0 spiro atoms. The van der Waals surface area contributed by atoms with Crippen LogP contribution in [-0.4, -0.2) is 295 Å². The zero-order valence-electron chi connectivity index (χ0n) is 79.5. The van der Waals surface area contributed by atoms with Crippen LogP contribution in [-0.2, 0) is 25.8 Å². The van der Waals surface area contributed by atoms with Gasteiger partial charge in [-0.05, 0) is 326 Å². The molecule has 136 heavy (non-hydrogen) atoms. The number of rotatable bonds is 21. The van der Waals surface area contributed by atoms with Crippen LogP contribution in [0.1, 0.15) is 152 Å². The maximum atomic E-state index is 13.1. The Labute approximate surface area is 840 Å². The van der Waals surface area contributed by atoms with Crippen molar-refractivity contribution in [1.29, 1.82) is 0 Å². The summed E-state index contributed by atoms with van der Waals surface area (Å²) in [6, 6.07) is 58.9. The Bertz CT molecular complexity index is 5660. The Morgan fingerprint density at radius 3 is 0.926 bits per heavy atom. The summed E-state index contributed by atoms with van der Waals surface area (Å²) in [6.45, 7) is 16.4. The van der Waals surface area contributed by atoms with Crippen molar-refractivity contribution in [3.63, 3.8) is 0 Å². The molecule has 0 saturated carbocycles. The van der Waals surface area contributed by atoms with Gasteiger partial charge in [-0.1, -0.05) is 71.2 Å². The third kappa shape index (κ3) is 23.9. The quantitative estimate of drug-likeness (QED) is 0.0254. The van der Waals surface area contributed by atoms with Crippen LogP contribution in [0.4, 0.5) is 52.0 Å². The number of likely N-dealkylation sites (tertiary alicyclic amines) is 3. The Balaban J connectivity index is 0.000000166. The maximum absolute atomic E-state index is 13.1. The molecule has 0 bridgehead atoms. The molecule has 33 heteroatoms. The first-order valence-electron chi connectivity index (χ1n) is 46.8. The number of ether oxygens (including phenoxy) is 1. The molecule has 7 saturated heterocycles.